The van der Waals surface area contributed by atoms with Crippen LogP contribution in [0.25, 0.3) is 10.9 Å². The Kier molecular flexibility index (Phi) is 6.40. The number of hydrogen-bond acceptors (Lipinski definition) is 7. The van der Waals surface area contributed by atoms with Crippen LogP contribution in [0.4, 0.5) is 0 Å². The number of aryl methyl sites for hydroxylation is 1. The highest BCUT2D eigenvalue weighted by atomic mass is 16.5. The molecular formula is C26H24N2O5. The minimum atomic E-state index is -0.742. The Morgan fingerprint density at radius 1 is 0.848 bits per heavy atom. The maximum absolute atomic E-state index is 12.8. The molecule has 7 nitrogen and oxygen atoms in total. The Labute approximate surface area is 191 Å². The highest BCUT2D eigenvalue weighted by Crippen LogP contribution is 2.39. The molecule has 0 aliphatic rings. The van der Waals surface area contributed by atoms with E-state index in [0.717, 1.165) is 16.6 Å². The number of nitrogens with zero attached hydrogens (tertiary/aromatic N) is 2. The lowest BCUT2D eigenvalue weighted by molar-refractivity contribution is -0.141. The molecule has 2 heterocycles. The molecule has 4 rings (SSSR count). The summed E-state index contributed by atoms with van der Waals surface area (Å²) in [5, 5.41) is 0.732. The molecule has 33 heavy (non-hydrogen) atoms. The molecule has 0 N–H and O–H groups in total. The molecule has 2 aromatic heterocycles. The van der Waals surface area contributed by atoms with E-state index in [1.807, 2.05) is 55.5 Å². The number of ether oxygens (including phenoxy) is 4. The number of benzene rings is 2. The predicted molar refractivity (Wildman–Crippen MR) is 124 cm³/mol. The maximum Gasteiger partial charge on any atom is 0.319 e. The molecule has 0 bridgehead atoms. The van der Waals surface area contributed by atoms with Gasteiger partial charge in [0.25, 0.3) is 0 Å². The van der Waals surface area contributed by atoms with Crippen LogP contribution in [0.2, 0.25) is 0 Å². The van der Waals surface area contributed by atoms with Crippen molar-refractivity contribution in [3.05, 3.63) is 83.8 Å². The fraction of sp³-hybridized carbons (Fsp3) is 0.192. The van der Waals surface area contributed by atoms with Crippen LogP contribution in [-0.4, -0.2) is 37.3 Å². The summed E-state index contributed by atoms with van der Waals surface area (Å²) < 4.78 is 22.3. The van der Waals surface area contributed by atoms with Crippen LogP contribution < -0.4 is 14.2 Å². The van der Waals surface area contributed by atoms with E-state index in [-0.39, 0.29) is 0 Å². The van der Waals surface area contributed by atoms with Gasteiger partial charge in [0, 0.05) is 23.3 Å². The molecule has 168 valence electrons. The van der Waals surface area contributed by atoms with Gasteiger partial charge in [-0.2, -0.15) is 0 Å². The summed E-state index contributed by atoms with van der Waals surface area (Å²) in [6.45, 7) is 1.87. The fourth-order valence-electron chi connectivity index (χ4n) is 3.68. The molecule has 4 aromatic rings. The van der Waals surface area contributed by atoms with Crippen LogP contribution in [0.3, 0.4) is 0 Å². The summed E-state index contributed by atoms with van der Waals surface area (Å²) >= 11 is 0. The lowest BCUT2D eigenvalue weighted by Gasteiger charge is -2.19. The first kappa shape index (κ1) is 22.1. The Balaban J connectivity index is 1.85. The Bertz CT molecular complexity index is 1290. The number of carbonyl (C=O) groups is 1. The van der Waals surface area contributed by atoms with E-state index < -0.39 is 11.9 Å². The third kappa shape index (κ3) is 4.43. The molecule has 0 amide bonds. The number of fused-ring (bicyclic) bond motifs is 1. The summed E-state index contributed by atoms with van der Waals surface area (Å²) in [5.41, 5.74) is 2.67. The van der Waals surface area contributed by atoms with Crippen LogP contribution >= 0.6 is 0 Å². The summed E-state index contributed by atoms with van der Waals surface area (Å²) in [6.07, 6.45) is 1.65. The second kappa shape index (κ2) is 9.56. The average molecular weight is 444 g/mol. The molecule has 2 aromatic carbocycles. The molecule has 0 saturated carbocycles. The van der Waals surface area contributed by atoms with Gasteiger partial charge in [0.1, 0.15) is 23.1 Å². The van der Waals surface area contributed by atoms with E-state index in [0.29, 0.717) is 34.2 Å². The first-order valence-electron chi connectivity index (χ1n) is 10.3. The first-order valence-corrected chi connectivity index (χ1v) is 10.3. The third-order valence-electron chi connectivity index (χ3n) is 5.30. The number of rotatable bonds is 7. The number of carbonyl (C=O) groups excluding carboxylic acids is 1. The van der Waals surface area contributed by atoms with Gasteiger partial charge in [-0.3, -0.25) is 14.8 Å². The van der Waals surface area contributed by atoms with E-state index in [1.165, 1.54) is 7.11 Å². The summed E-state index contributed by atoms with van der Waals surface area (Å²) in [5.74, 6) is 0.958. The van der Waals surface area contributed by atoms with Crippen molar-refractivity contribution in [2.24, 2.45) is 0 Å². The molecule has 0 radical (unpaired) electrons. The number of methoxy groups -OCH3 is 3. The van der Waals surface area contributed by atoms with Crippen molar-refractivity contribution in [2.45, 2.75) is 12.8 Å². The predicted octanol–water partition coefficient (Wildman–Crippen LogP) is 5.05. The van der Waals surface area contributed by atoms with Crippen LogP contribution in [0.1, 0.15) is 22.9 Å². The highest BCUT2D eigenvalue weighted by molar-refractivity contribution is 5.88. The van der Waals surface area contributed by atoms with Gasteiger partial charge < -0.3 is 18.9 Å². The van der Waals surface area contributed by atoms with Gasteiger partial charge in [-0.15, -0.1) is 0 Å². The second-order valence-electron chi connectivity index (χ2n) is 7.34. The smallest absolute Gasteiger partial charge is 0.319 e. The molecule has 0 fully saturated rings. The molecule has 0 spiro atoms. The minimum Gasteiger partial charge on any atom is -0.493 e. The van der Waals surface area contributed by atoms with Crippen molar-refractivity contribution in [2.75, 3.05) is 21.3 Å². The van der Waals surface area contributed by atoms with Gasteiger partial charge in [-0.05, 0) is 36.8 Å². The summed E-state index contributed by atoms with van der Waals surface area (Å²) in [7, 11) is 4.51. The third-order valence-corrected chi connectivity index (χ3v) is 5.30. The van der Waals surface area contributed by atoms with Crippen molar-refractivity contribution in [3.8, 4) is 23.0 Å². The van der Waals surface area contributed by atoms with Crippen molar-refractivity contribution >= 4 is 16.9 Å². The maximum atomic E-state index is 12.8. The van der Waals surface area contributed by atoms with Gasteiger partial charge >= 0.3 is 5.97 Å². The van der Waals surface area contributed by atoms with E-state index in [2.05, 4.69) is 9.97 Å². The normalized spacial score (nSPS) is 11.6. The van der Waals surface area contributed by atoms with E-state index in [9.17, 15) is 4.79 Å². The summed E-state index contributed by atoms with van der Waals surface area (Å²) in [4.78, 5) is 21.9. The van der Waals surface area contributed by atoms with Crippen molar-refractivity contribution in [3.63, 3.8) is 0 Å². The van der Waals surface area contributed by atoms with Gasteiger partial charge in [0.15, 0.2) is 11.5 Å². The highest BCUT2D eigenvalue weighted by Gasteiger charge is 2.29. The first-order chi connectivity index (χ1) is 16.0. The second-order valence-corrected chi connectivity index (χ2v) is 7.34. The van der Waals surface area contributed by atoms with Crippen molar-refractivity contribution in [1.82, 2.24) is 9.97 Å². The minimum absolute atomic E-state index is 0.421. The summed E-state index contributed by atoms with van der Waals surface area (Å²) in [6, 6.07) is 18.4. The van der Waals surface area contributed by atoms with E-state index in [1.54, 1.807) is 32.5 Å². The zero-order chi connectivity index (χ0) is 23.4. The molecule has 1 unspecified atom stereocenters. The molecule has 0 aliphatic heterocycles. The largest absolute Gasteiger partial charge is 0.493 e. The number of esters is 1. The lowest BCUT2D eigenvalue weighted by atomic mass is 9.94. The quantitative estimate of drug-likeness (QED) is 0.369. The van der Waals surface area contributed by atoms with Crippen LogP contribution in [0.15, 0.2) is 66.9 Å². The standard InChI is InChI=1S/C26H24N2O5/c1-16-10-11-21(25(28-16)24(26(29)32-4)17-8-6-5-7-9-17)33-20-12-13-27-19-15-23(31-3)22(30-2)14-18(19)20/h5-15,24H,1-4H3. The van der Waals surface area contributed by atoms with Gasteiger partial charge in [-0.1, -0.05) is 30.3 Å². The monoisotopic (exact) mass is 444 g/mol. The van der Waals surface area contributed by atoms with E-state index in [4.69, 9.17) is 18.9 Å². The molecule has 0 aliphatic carbocycles. The van der Waals surface area contributed by atoms with Gasteiger partial charge in [-0.25, -0.2) is 0 Å². The zero-order valence-corrected chi connectivity index (χ0v) is 18.9. The number of hydrogen-bond donors (Lipinski definition) is 0. The Morgan fingerprint density at radius 3 is 2.27 bits per heavy atom. The topological polar surface area (TPSA) is 79.8 Å². The lowest BCUT2D eigenvalue weighted by Crippen LogP contribution is -2.18. The molecule has 0 saturated heterocycles. The van der Waals surface area contributed by atoms with Crippen LogP contribution in [-0.2, 0) is 9.53 Å². The van der Waals surface area contributed by atoms with Crippen LogP contribution in [0.5, 0.6) is 23.0 Å². The molecular weight excluding hydrogens is 420 g/mol. The van der Waals surface area contributed by atoms with Crippen molar-refractivity contribution in [1.29, 1.82) is 0 Å². The van der Waals surface area contributed by atoms with E-state index >= 15 is 0 Å². The Hall–Kier alpha value is -4.13. The average Bonchev–Trinajstić information content (AvgIpc) is 2.85. The number of aromatic nitrogens is 2. The van der Waals surface area contributed by atoms with Crippen LogP contribution in [0, 0.1) is 6.92 Å². The number of pyridine rings is 2. The van der Waals surface area contributed by atoms with Gasteiger partial charge in [0.05, 0.1) is 26.8 Å². The molecule has 7 heteroatoms. The van der Waals surface area contributed by atoms with Crippen molar-refractivity contribution < 1.29 is 23.7 Å². The molecule has 1 atom stereocenters. The Morgan fingerprint density at radius 2 is 1.58 bits per heavy atom. The van der Waals surface area contributed by atoms with Gasteiger partial charge in [0.2, 0.25) is 0 Å². The fourth-order valence-corrected chi connectivity index (χ4v) is 3.68. The zero-order valence-electron chi connectivity index (χ0n) is 18.9. The SMILES string of the molecule is COC(=O)C(c1ccccc1)c1nc(C)ccc1Oc1ccnc2cc(OC)c(OC)cc12.